The normalized spacial score (nSPS) is 12.6. The molecular weight excluding hydrogens is 537 g/mol. The molecule has 0 spiro atoms. The van der Waals surface area contributed by atoms with Gasteiger partial charge in [0.2, 0.25) is 0 Å². The standard InChI is InChI=1S/C39H30NP.C2H6/c1-26(27-18-20-33(21-19-27)41(31-10-4-2-5-11-31)32-12-6-3-7-13-32)28-16-17-29-22-30-24-37-34-14-8-9-15-38(34)40-39(37)25-36(30)35(29)23-28;1-2/h2-21,23-26,40H,22H2,1H3;1-2H3. The molecule has 0 bridgehead atoms. The van der Waals surface area contributed by atoms with Gasteiger partial charge in [-0.15, -0.1) is 0 Å². The third kappa shape index (κ3) is 4.99. The Bertz CT molecular complexity index is 1980. The monoisotopic (exact) mass is 573 g/mol. The fraction of sp³-hybridized carbons (Fsp3) is 0.122. The van der Waals surface area contributed by atoms with Crippen molar-refractivity contribution < 1.29 is 0 Å². The summed E-state index contributed by atoms with van der Waals surface area (Å²) in [5, 5.41) is 6.79. The summed E-state index contributed by atoms with van der Waals surface area (Å²) in [6, 6.07) is 51.8. The van der Waals surface area contributed by atoms with Crippen molar-refractivity contribution in [3.63, 3.8) is 0 Å². The molecule has 1 aliphatic carbocycles. The highest BCUT2D eigenvalue weighted by Gasteiger charge is 2.22. The van der Waals surface area contributed by atoms with Gasteiger partial charge in [0.1, 0.15) is 0 Å². The van der Waals surface area contributed by atoms with Crippen LogP contribution in [-0.4, -0.2) is 4.98 Å². The number of benzene rings is 6. The Labute approximate surface area is 256 Å². The quantitative estimate of drug-likeness (QED) is 0.197. The zero-order valence-electron chi connectivity index (χ0n) is 25.0. The number of rotatable bonds is 5. The van der Waals surface area contributed by atoms with E-state index in [0.29, 0.717) is 5.92 Å². The van der Waals surface area contributed by atoms with Gasteiger partial charge in [0.25, 0.3) is 0 Å². The molecule has 1 nitrogen and oxygen atoms in total. The molecule has 0 saturated carbocycles. The Kier molecular flexibility index (Phi) is 7.44. The van der Waals surface area contributed by atoms with Crippen LogP contribution < -0.4 is 15.9 Å². The molecule has 0 amide bonds. The zero-order valence-corrected chi connectivity index (χ0v) is 25.9. The Hall–Kier alpha value is -4.45. The molecule has 8 rings (SSSR count). The third-order valence-electron chi connectivity index (χ3n) is 8.72. The van der Waals surface area contributed by atoms with E-state index in [1.54, 1.807) is 0 Å². The van der Waals surface area contributed by atoms with Crippen molar-refractivity contribution in [2.75, 3.05) is 0 Å². The van der Waals surface area contributed by atoms with Crippen LogP contribution in [0.4, 0.5) is 0 Å². The SMILES string of the molecule is CC.CC(c1ccc(P(c2ccccc2)c2ccccc2)cc1)c1ccc2c(c1)-c1cc3[nH]c4ccccc4c3cc1C2. The molecule has 2 heteroatoms. The van der Waals surface area contributed by atoms with Crippen molar-refractivity contribution in [2.24, 2.45) is 0 Å². The molecule has 6 aromatic carbocycles. The highest BCUT2D eigenvalue weighted by atomic mass is 31.1. The molecule has 1 aromatic heterocycles. The second-order valence-corrected chi connectivity index (χ2v) is 13.4. The fourth-order valence-corrected chi connectivity index (χ4v) is 8.80. The number of hydrogen-bond donors (Lipinski definition) is 1. The topological polar surface area (TPSA) is 15.8 Å². The van der Waals surface area contributed by atoms with Crippen molar-refractivity contribution >= 4 is 45.6 Å². The highest BCUT2D eigenvalue weighted by molar-refractivity contribution is 7.79. The predicted octanol–water partition coefficient (Wildman–Crippen LogP) is 9.83. The molecular formula is C41H36NP. The van der Waals surface area contributed by atoms with E-state index < -0.39 is 7.92 Å². The molecule has 0 radical (unpaired) electrons. The third-order valence-corrected chi connectivity index (χ3v) is 11.2. The van der Waals surface area contributed by atoms with Gasteiger partial charge in [0.05, 0.1) is 0 Å². The average molecular weight is 574 g/mol. The summed E-state index contributed by atoms with van der Waals surface area (Å²) in [6.07, 6.45) is 1.01. The number of nitrogens with one attached hydrogen (secondary N) is 1. The lowest BCUT2D eigenvalue weighted by atomic mass is 9.90. The van der Waals surface area contributed by atoms with Gasteiger partial charge in [-0.3, -0.25) is 0 Å². The molecule has 43 heavy (non-hydrogen) atoms. The molecule has 210 valence electrons. The number of aromatic amines is 1. The van der Waals surface area contributed by atoms with Crippen LogP contribution in [0, 0.1) is 0 Å². The van der Waals surface area contributed by atoms with Crippen molar-refractivity contribution in [2.45, 2.75) is 33.1 Å². The second-order valence-electron chi connectivity index (χ2n) is 11.1. The Balaban J connectivity index is 0.00000147. The lowest BCUT2D eigenvalue weighted by Gasteiger charge is -2.20. The van der Waals surface area contributed by atoms with Crippen LogP contribution >= 0.6 is 7.92 Å². The second kappa shape index (κ2) is 11.7. The van der Waals surface area contributed by atoms with Crippen molar-refractivity contribution in [1.29, 1.82) is 0 Å². The minimum atomic E-state index is -0.590. The van der Waals surface area contributed by atoms with E-state index in [2.05, 4.69) is 151 Å². The minimum absolute atomic E-state index is 0.315. The van der Waals surface area contributed by atoms with E-state index in [1.807, 2.05) is 13.8 Å². The molecule has 1 N–H and O–H groups in total. The van der Waals surface area contributed by atoms with Crippen LogP contribution in [0.25, 0.3) is 32.9 Å². The van der Waals surface area contributed by atoms with Gasteiger partial charge in [-0.1, -0.05) is 142 Å². The first kappa shape index (κ1) is 27.4. The van der Waals surface area contributed by atoms with Crippen LogP contribution in [0.1, 0.15) is 48.9 Å². The van der Waals surface area contributed by atoms with E-state index >= 15 is 0 Å². The number of H-pyrrole nitrogens is 1. The van der Waals surface area contributed by atoms with Crippen molar-refractivity contribution in [3.05, 3.63) is 162 Å². The Morgan fingerprint density at radius 1 is 0.512 bits per heavy atom. The molecule has 0 saturated heterocycles. The lowest BCUT2D eigenvalue weighted by molar-refractivity contribution is 0.922. The number of para-hydroxylation sites is 1. The fourth-order valence-electron chi connectivity index (χ4n) is 6.52. The first-order valence-electron chi connectivity index (χ1n) is 15.4. The maximum absolute atomic E-state index is 3.64. The summed E-state index contributed by atoms with van der Waals surface area (Å²) in [5.74, 6) is 0.315. The van der Waals surface area contributed by atoms with Gasteiger partial charge in [-0.25, -0.2) is 0 Å². The van der Waals surface area contributed by atoms with Gasteiger partial charge < -0.3 is 4.98 Å². The molecule has 7 aromatic rings. The summed E-state index contributed by atoms with van der Waals surface area (Å²) < 4.78 is 0. The Morgan fingerprint density at radius 3 is 1.79 bits per heavy atom. The largest absolute Gasteiger partial charge is 0.354 e. The van der Waals surface area contributed by atoms with Gasteiger partial charge in [-0.05, 0) is 81.8 Å². The number of fused-ring (bicyclic) bond motifs is 6. The predicted molar refractivity (Wildman–Crippen MR) is 188 cm³/mol. The number of hydrogen-bond acceptors (Lipinski definition) is 0. The van der Waals surface area contributed by atoms with E-state index in [1.165, 1.54) is 71.1 Å². The highest BCUT2D eigenvalue weighted by Crippen LogP contribution is 2.42. The van der Waals surface area contributed by atoms with Crippen LogP contribution in [0.15, 0.2) is 140 Å². The van der Waals surface area contributed by atoms with Gasteiger partial charge in [0.15, 0.2) is 0 Å². The summed E-state index contributed by atoms with van der Waals surface area (Å²) in [4.78, 5) is 3.64. The van der Waals surface area contributed by atoms with Crippen LogP contribution in [0.2, 0.25) is 0 Å². The van der Waals surface area contributed by atoms with Crippen LogP contribution in [0.5, 0.6) is 0 Å². The molecule has 1 aliphatic rings. The smallest absolute Gasteiger partial charge is 0.0471 e. The summed E-state index contributed by atoms with van der Waals surface area (Å²) in [5.41, 5.74) is 10.8. The van der Waals surface area contributed by atoms with Gasteiger partial charge in [0, 0.05) is 27.7 Å². The van der Waals surface area contributed by atoms with Crippen LogP contribution in [0.3, 0.4) is 0 Å². The van der Waals surface area contributed by atoms with E-state index in [4.69, 9.17) is 0 Å². The molecule has 1 heterocycles. The van der Waals surface area contributed by atoms with Crippen molar-refractivity contribution in [1.82, 2.24) is 4.98 Å². The van der Waals surface area contributed by atoms with Gasteiger partial charge in [-0.2, -0.15) is 0 Å². The maximum Gasteiger partial charge on any atom is 0.0471 e. The van der Waals surface area contributed by atoms with Gasteiger partial charge >= 0.3 is 0 Å². The zero-order chi connectivity index (χ0) is 29.3. The Morgan fingerprint density at radius 2 is 1.09 bits per heavy atom. The van der Waals surface area contributed by atoms with Crippen molar-refractivity contribution in [3.8, 4) is 11.1 Å². The van der Waals surface area contributed by atoms with E-state index in [0.717, 1.165) is 6.42 Å². The first-order chi connectivity index (χ1) is 21.2. The van der Waals surface area contributed by atoms with E-state index in [9.17, 15) is 0 Å². The van der Waals surface area contributed by atoms with E-state index in [-0.39, 0.29) is 0 Å². The number of aromatic nitrogens is 1. The lowest BCUT2D eigenvalue weighted by Crippen LogP contribution is -2.20. The molecule has 1 atom stereocenters. The molecule has 0 fully saturated rings. The molecule has 1 unspecified atom stereocenters. The minimum Gasteiger partial charge on any atom is -0.354 e. The van der Waals surface area contributed by atoms with Crippen LogP contribution in [-0.2, 0) is 6.42 Å². The summed E-state index contributed by atoms with van der Waals surface area (Å²) in [6.45, 7) is 6.34. The summed E-state index contributed by atoms with van der Waals surface area (Å²) >= 11 is 0. The maximum atomic E-state index is 3.64. The molecule has 0 aliphatic heterocycles. The first-order valence-corrected chi connectivity index (χ1v) is 16.7. The summed E-state index contributed by atoms with van der Waals surface area (Å²) in [7, 11) is -0.590. The average Bonchev–Trinajstić information content (AvgIpc) is 3.62.